The lowest BCUT2D eigenvalue weighted by Gasteiger charge is -2.61. The van der Waals surface area contributed by atoms with E-state index in [0.717, 1.165) is 36.6 Å². The Kier molecular flexibility index (Phi) is 2.97. The van der Waals surface area contributed by atoms with E-state index >= 15 is 0 Å². The first-order valence-electron chi connectivity index (χ1n) is 10.6. The molecule has 25 heavy (non-hydrogen) atoms. The molecule has 0 aromatic heterocycles. The molecule has 4 heteroatoms. The molecule has 138 valence electrons. The molecule has 3 aliphatic heterocycles. The van der Waals surface area contributed by atoms with E-state index < -0.39 is 0 Å². The minimum Gasteiger partial charge on any atom is -0.462 e. The van der Waals surface area contributed by atoms with E-state index in [0.29, 0.717) is 35.5 Å². The maximum absolute atomic E-state index is 11.8. The fourth-order valence-corrected chi connectivity index (χ4v) is 8.62. The summed E-state index contributed by atoms with van der Waals surface area (Å²) >= 11 is 0. The predicted octanol–water partition coefficient (Wildman–Crippen LogP) is 3.11. The second-order valence-electron chi connectivity index (χ2n) is 10.4. The summed E-state index contributed by atoms with van der Waals surface area (Å²) < 4.78 is 12.1. The molecule has 6 aliphatic rings. The number of hydrogen-bond donors (Lipinski definition) is 1. The third-order valence-corrected chi connectivity index (χ3v) is 9.91. The zero-order chi connectivity index (χ0) is 17.0. The Morgan fingerprint density at radius 2 is 1.96 bits per heavy atom. The molecule has 0 unspecified atom stereocenters. The van der Waals surface area contributed by atoms with Crippen LogP contribution < -0.4 is 5.32 Å². The van der Waals surface area contributed by atoms with Gasteiger partial charge in [0.15, 0.2) is 0 Å². The lowest BCUT2D eigenvalue weighted by molar-refractivity contribution is -0.193. The van der Waals surface area contributed by atoms with Gasteiger partial charge in [-0.15, -0.1) is 0 Å². The average Bonchev–Trinajstić information content (AvgIpc) is 3.23. The van der Waals surface area contributed by atoms with Gasteiger partial charge < -0.3 is 9.47 Å². The van der Waals surface area contributed by atoms with Crippen molar-refractivity contribution in [1.82, 2.24) is 5.32 Å². The topological polar surface area (TPSA) is 47.6 Å². The highest BCUT2D eigenvalue weighted by Crippen LogP contribution is 2.69. The number of esters is 1. The van der Waals surface area contributed by atoms with Crippen LogP contribution in [0.3, 0.4) is 0 Å². The lowest BCUT2D eigenvalue weighted by Crippen LogP contribution is -2.58. The molecule has 0 spiro atoms. The van der Waals surface area contributed by atoms with E-state index in [1.807, 2.05) is 0 Å². The largest absolute Gasteiger partial charge is 0.462 e. The molecule has 4 nitrogen and oxygen atoms in total. The summed E-state index contributed by atoms with van der Waals surface area (Å²) in [7, 11) is 0. The first-order chi connectivity index (χ1) is 12.0. The molecule has 6 rings (SSSR count). The van der Waals surface area contributed by atoms with Crippen molar-refractivity contribution in [2.45, 2.75) is 77.2 Å². The highest BCUT2D eigenvalue weighted by atomic mass is 16.6. The first kappa shape index (κ1) is 15.4. The molecule has 3 saturated carbocycles. The van der Waals surface area contributed by atoms with Crippen LogP contribution in [0.25, 0.3) is 0 Å². The zero-order valence-electron chi connectivity index (χ0n) is 15.5. The Hall–Kier alpha value is -0.610. The van der Waals surface area contributed by atoms with Crippen LogP contribution in [0.4, 0.5) is 0 Å². The summed E-state index contributed by atoms with van der Waals surface area (Å²) in [5.41, 5.74) is 0.672. The van der Waals surface area contributed by atoms with Crippen LogP contribution >= 0.6 is 0 Å². The third kappa shape index (κ3) is 1.79. The van der Waals surface area contributed by atoms with Crippen molar-refractivity contribution in [2.24, 2.45) is 40.4 Å². The molecule has 6 fully saturated rings. The first-order valence-corrected chi connectivity index (χ1v) is 10.6. The highest BCUT2D eigenvalue weighted by Gasteiger charge is 2.66. The monoisotopic (exact) mass is 345 g/mol. The number of hydrogen-bond acceptors (Lipinski definition) is 4. The van der Waals surface area contributed by atoms with Crippen molar-refractivity contribution in [1.29, 1.82) is 0 Å². The average molecular weight is 345 g/mol. The number of nitrogens with one attached hydrogen (secondary N) is 1. The van der Waals surface area contributed by atoms with Gasteiger partial charge in [0.2, 0.25) is 0 Å². The molecule has 0 amide bonds. The van der Waals surface area contributed by atoms with Crippen LogP contribution in [-0.4, -0.2) is 30.9 Å². The van der Waals surface area contributed by atoms with E-state index in [9.17, 15) is 4.79 Å². The van der Waals surface area contributed by atoms with Crippen LogP contribution in [0.5, 0.6) is 0 Å². The lowest BCUT2D eigenvalue weighted by atomic mass is 9.45. The van der Waals surface area contributed by atoms with Gasteiger partial charge in [0.05, 0.1) is 12.5 Å². The molecular formula is C21H31NO3. The second-order valence-corrected chi connectivity index (χ2v) is 10.4. The van der Waals surface area contributed by atoms with E-state index in [-0.39, 0.29) is 12.1 Å². The Labute approximate surface area is 150 Å². The molecule has 0 radical (unpaired) electrons. The van der Waals surface area contributed by atoms with Crippen molar-refractivity contribution < 1.29 is 14.3 Å². The number of carbonyl (C=O) groups is 1. The van der Waals surface area contributed by atoms with Crippen LogP contribution in [0, 0.1) is 40.4 Å². The van der Waals surface area contributed by atoms with E-state index in [1.54, 1.807) is 0 Å². The van der Waals surface area contributed by atoms with Gasteiger partial charge in [0.1, 0.15) is 12.3 Å². The fourth-order valence-electron chi connectivity index (χ4n) is 8.62. The summed E-state index contributed by atoms with van der Waals surface area (Å²) in [6, 6.07) is 0. The quantitative estimate of drug-likeness (QED) is 0.685. The third-order valence-electron chi connectivity index (χ3n) is 9.91. The van der Waals surface area contributed by atoms with E-state index in [2.05, 4.69) is 19.2 Å². The maximum atomic E-state index is 11.8. The van der Waals surface area contributed by atoms with Gasteiger partial charge in [-0.05, 0) is 67.6 Å². The normalized spacial score (nSPS) is 61.9. The Morgan fingerprint density at radius 1 is 1.08 bits per heavy atom. The fraction of sp³-hybridized carbons (Fsp3) is 0.952. The SMILES string of the molecule is C[C@]12CC[C@H]3[C@@H](CC[C@@H]4C[C@H]5NC[C@H](O5)[C@@]43C)[C@@H]1C[C@@H]1OC(=O)C[C@@H]12. The van der Waals surface area contributed by atoms with E-state index in [4.69, 9.17) is 9.47 Å². The number of rotatable bonds is 0. The Bertz CT molecular complexity index is 622. The van der Waals surface area contributed by atoms with Gasteiger partial charge >= 0.3 is 5.97 Å². The van der Waals surface area contributed by atoms with E-state index in [1.165, 1.54) is 32.1 Å². The summed E-state index contributed by atoms with van der Waals surface area (Å²) in [4.78, 5) is 11.8. The minimum absolute atomic E-state index is 0.0521. The molecule has 0 aromatic rings. The van der Waals surface area contributed by atoms with Gasteiger partial charge in [0.25, 0.3) is 0 Å². The van der Waals surface area contributed by atoms with Crippen LogP contribution in [0.1, 0.15) is 58.8 Å². The van der Waals surface area contributed by atoms with Crippen LogP contribution in [0.2, 0.25) is 0 Å². The number of carbonyl (C=O) groups excluding carboxylic acids is 1. The van der Waals surface area contributed by atoms with Crippen molar-refractivity contribution in [3.8, 4) is 0 Å². The van der Waals surface area contributed by atoms with Crippen molar-refractivity contribution in [3.05, 3.63) is 0 Å². The molecule has 0 aromatic carbocycles. The molecule has 3 heterocycles. The summed E-state index contributed by atoms with van der Waals surface area (Å²) in [5.74, 6) is 3.72. The summed E-state index contributed by atoms with van der Waals surface area (Å²) in [5, 5.41) is 3.61. The van der Waals surface area contributed by atoms with Gasteiger partial charge in [-0.2, -0.15) is 0 Å². The summed E-state index contributed by atoms with van der Waals surface area (Å²) in [6.45, 7) is 6.09. The van der Waals surface area contributed by atoms with Crippen molar-refractivity contribution in [2.75, 3.05) is 6.54 Å². The molecule has 10 atom stereocenters. The number of ether oxygens (including phenoxy) is 2. The molecular weight excluding hydrogens is 314 g/mol. The Morgan fingerprint density at radius 3 is 2.84 bits per heavy atom. The van der Waals surface area contributed by atoms with Crippen molar-refractivity contribution >= 4 is 5.97 Å². The standard InChI is InChI=1S/C21H31NO3/c1-20-6-5-13-12(14(20)8-16-15(20)9-19(23)24-16)4-3-11-7-18-22-10-17(25-18)21(11,13)2/h11-18,22H,3-10H2,1-2H3/t11-,12-,13+,14+,15+,16+,17+,18+,20+,21+/m1/s1. The molecule has 3 saturated heterocycles. The van der Waals surface area contributed by atoms with Gasteiger partial charge in [-0.3, -0.25) is 10.1 Å². The van der Waals surface area contributed by atoms with Crippen LogP contribution in [0.15, 0.2) is 0 Å². The van der Waals surface area contributed by atoms with Crippen LogP contribution in [-0.2, 0) is 14.3 Å². The van der Waals surface area contributed by atoms with Gasteiger partial charge in [0, 0.05) is 17.9 Å². The maximum Gasteiger partial charge on any atom is 0.306 e. The predicted molar refractivity (Wildman–Crippen MR) is 92.5 cm³/mol. The summed E-state index contributed by atoms with van der Waals surface area (Å²) in [6.07, 6.45) is 9.32. The van der Waals surface area contributed by atoms with Gasteiger partial charge in [-0.25, -0.2) is 0 Å². The second kappa shape index (κ2) is 4.81. The highest BCUT2D eigenvalue weighted by molar-refractivity contribution is 5.72. The van der Waals surface area contributed by atoms with Gasteiger partial charge in [-0.1, -0.05) is 13.8 Å². The molecule has 1 N–H and O–H groups in total. The Balaban J connectivity index is 1.35. The molecule has 3 aliphatic carbocycles. The van der Waals surface area contributed by atoms with Crippen molar-refractivity contribution in [3.63, 3.8) is 0 Å². The minimum atomic E-state index is 0.0521. The number of fused-ring (bicyclic) bond motifs is 10. The smallest absolute Gasteiger partial charge is 0.306 e. The molecule has 2 bridgehead atoms. The zero-order valence-corrected chi connectivity index (χ0v) is 15.5.